The van der Waals surface area contributed by atoms with E-state index in [-0.39, 0.29) is 11.5 Å². The highest BCUT2D eigenvalue weighted by atomic mass is 127. The fraction of sp³-hybridized carbons (Fsp3) is 0. The molecule has 1 rings (SSSR count). The lowest BCUT2D eigenvalue weighted by Crippen LogP contribution is -1.92. The molecule has 0 saturated heterocycles. The van der Waals surface area contributed by atoms with Gasteiger partial charge in [0.25, 0.3) is 0 Å². The second-order valence-electron chi connectivity index (χ2n) is 1.79. The zero-order valence-electron chi connectivity index (χ0n) is 4.87. The summed E-state index contributed by atoms with van der Waals surface area (Å²) in [5.41, 5.74) is 5.49. The molecule has 0 saturated carbocycles. The molecule has 0 aliphatic heterocycles. The molecule has 0 spiro atoms. The molecule has 10 heavy (non-hydrogen) atoms. The normalized spacial score (nSPS) is 9.90. The Morgan fingerprint density at radius 3 is 2.60 bits per heavy atom. The van der Waals surface area contributed by atoms with Gasteiger partial charge in [-0.1, -0.05) is 15.9 Å². The number of nitrogen functional groups attached to an aromatic ring is 1. The Bertz CT molecular complexity index is 241. The molecular weight excluding hydrogens is 312 g/mol. The fourth-order valence-electron chi connectivity index (χ4n) is 0.576. The number of anilines is 1. The minimum Gasteiger partial charge on any atom is -0.396 e. The average Bonchev–Trinajstić information content (AvgIpc) is 1.82. The molecule has 0 aromatic heterocycles. The third-order valence-electron chi connectivity index (χ3n) is 1.02. The van der Waals surface area contributed by atoms with Crippen LogP contribution in [0, 0.1) is 9.39 Å². The van der Waals surface area contributed by atoms with Crippen molar-refractivity contribution in [1.29, 1.82) is 0 Å². The second-order valence-corrected chi connectivity index (χ2v) is 3.87. The molecular formula is C6H4BrFIN. The lowest BCUT2D eigenvalue weighted by atomic mass is 10.3. The maximum Gasteiger partial charge on any atom is 0.159 e. The zero-order valence-corrected chi connectivity index (χ0v) is 8.61. The van der Waals surface area contributed by atoms with Gasteiger partial charge in [0.2, 0.25) is 0 Å². The van der Waals surface area contributed by atoms with Gasteiger partial charge in [-0.15, -0.1) is 0 Å². The van der Waals surface area contributed by atoms with Gasteiger partial charge in [-0.05, 0) is 34.7 Å². The lowest BCUT2D eigenvalue weighted by molar-refractivity contribution is 0.625. The quantitative estimate of drug-likeness (QED) is 0.445. The lowest BCUT2D eigenvalue weighted by Gasteiger charge is -1.98. The van der Waals surface area contributed by atoms with Crippen molar-refractivity contribution in [3.63, 3.8) is 0 Å². The van der Waals surface area contributed by atoms with E-state index < -0.39 is 0 Å². The van der Waals surface area contributed by atoms with Gasteiger partial charge in [-0.3, -0.25) is 0 Å². The highest BCUT2D eigenvalue weighted by molar-refractivity contribution is 14.1. The van der Waals surface area contributed by atoms with Gasteiger partial charge in [0.1, 0.15) is 0 Å². The van der Waals surface area contributed by atoms with Gasteiger partial charge >= 0.3 is 0 Å². The summed E-state index contributed by atoms with van der Waals surface area (Å²) in [5.74, 6) is -0.344. The summed E-state index contributed by atoms with van der Waals surface area (Å²) in [7, 11) is 0. The van der Waals surface area contributed by atoms with E-state index in [0.717, 1.165) is 4.47 Å². The Morgan fingerprint density at radius 1 is 1.50 bits per heavy atom. The third-order valence-corrected chi connectivity index (χ3v) is 2.26. The predicted octanol–water partition coefficient (Wildman–Crippen LogP) is 2.78. The van der Waals surface area contributed by atoms with Crippen LogP contribution in [0.5, 0.6) is 0 Å². The summed E-state index contributed by atoms with van der Waals surface area (Å²) < 4.78 is 14.1. The van der Waals surface area contributed by atoms with E-state index in [0.29, 0.717) is 3.57 Å². The molecule has 2 N–H and O–H groups in total. The predicted molar refractivity (Wildman–Crippen MR) is 51.2 cm³/mol. The van der Waals surface area contributed by atoms with E-state index in [1.807, 2.05) is 22.6 Å². The first kappa shape index (κ1) is 8.26. The van der Waals surface area contributed by atoms with Crippen molar-refractivity contribution < 1.29 is 4.39 Å². The van der Waals surface area contributed by atoms with Crippen molar-refractivity contribution in [2.75, 3.05) is 5.73 Å². The standard InChI is InChI=1S/C6H4BrFIN/c7-3-1-4(9)6(8)5(10)2-3/h1-2H,10H2. The van der Waals surface area contributed by atoms with Gasteiger partial charge in [-0.25, -0.2) is 4.39 Å². The Labute approximate surface area is 80.1 Å². The maximum absolute atomic E-state index is 12.8. The molecule has 4 heteroatoms. The third kappa shape index (κ3) is 1.60. The first-order chi connectivity index (χ1) is 4.61. The largest absolute Gasteiger partial charge is 0.396 e. The summed E-state index contributed by atoms with van der Waals surface area (Å²) >= 11 is 5.09. The molecule has 0 amide bonds. The highest BCUT2D eigenvalue weighted by Crippen LogP contribution is 2.22. The molecule has 0 heterocycles. The second kappa shape index (κ2) is 3.04. The SMILES string of the molecule is Nc1cc(Br)cc(I)c1F. The van der Waals surface area contributed by atoms with Gasteiger partial charge < -0.3 is 5.73 Å². The summed E-state index contributed by atoms with van der Waals surface area (Å²) in [6, 6.07) is 3.21. The van der Waals surface area contributed by atoms with Crippen molar-refractivity contribution in [2.24, 2.45) is 0 Å². The van der Waals surface area contributed by atoms with Crippen molar-refractivity contribution in [2.45, 2.75) is 0 Å². The van der Waals surface area contributed by atoms with E-state index in [1.54, 1.807) is 6.07 Å². The van der Waals surface area contributed by atoms with Crippen LogP contribution in [0.15, 0.2) is 16.6 Å². The van der Waals surface area contributed by atoms with Gasteiger partial charge in [0.15, 0.2) is 5.82 Å². The Hall–Kier alpha value is 0.160. The average molecular weight is 316 g/mol. The van der Waals surface area contributed by atoms with Crippen LogP contribution in [0.1, 0.15) is 0 Å². The molecule has 1 aromatic rings. The van der Waals surface area contributed by atoms with Crippen molar-refractivity contribution in [1.82, 2.24) is 0 Å². The van der Waals surface area contributed by atoms with Crippen LogP contribution >= 0.6 is 38.5 Å². The molecule has 0 aliphatic carbocycles. The van der Waals surface area contributed by atoms with Crippen LogP contribution in [0.2, 0.25) is 0 Å². The van der Waals surface area contributed by atoms with E-state index in [2.05, 4.69) is 15.9 Å². The van der Waals surface area contributed by atoms with Crippen LogP contribution in [-0.2, 0) is 0 Å². The molecule has 0 unspecified atom stereocenters. The van der Waals surface area contributed by atoms with Crippen LogP contribution < -0.4 is 5.73 Å². The maximum atomic E-state index is 12.8. The summed E-state index contributed by atoms with van der Waals surface area (Å²) in [4.78, 5) is 0. The van der Waals surface area contributed by atoms with Crippen molar-refractivity contribution in [3.05, 3.63) is 26.0 Å². The van der Waals surface area contributed by atoms with Gasteiger partial charge in [0, 0.05) is 4.47 Å². The first-order valence-electron chi connectivity index (χ1n) is 2.51. The molecule has 0 atom stereocenters. The molecule has 0 fully saturated rings. The number of nitrogens with two attached hydrogens (primary N) is 1. The van der Waals surface area contributed by atoms with Gasteiger partial charge in [0.05, 0.1) is 9.26 Å². The molecule has 0 radical (unpaired) electrons. The summed E-state index contributed by atoms with van der Waals surface area (Å²) in [6.07, 6.45) is 0. The first-order valence-corrected chi connectivity index (χ1v) is 4.38. The van der Waals surface area contributed by atoms with Crippen LogP contribution in [0.3, 0.4) is 0 Å². The number of hydrogen-bond donors (Lipinski definition) is 1. The van der Waals surface area contributed by atoms with Crippen LogP contribution in [0.4, 0.5) is 10.1 Å². The molecule has 54 valence electrons. The van der Waals surface area contributed by atoms with E-state index in [4.69, 9.17) is 5.73 Å². The van der Waals surface area contributed by atoms with Gasteiger partial charge in [-0.2, -0.15) is 0 Å². The van der Waals surface area contributed by atoms with E-state index in [1.165, 1.54) is 6.07 Å². The smallest absolute Gasteiger partial charge is 0.159 e. The van der Waals surface area contributed by atoms with E-state index in [9.17, 15) is 4.39 Å². The summed E-state index contributed by atoms with van der Waals surface area (Å²) in [5, 5.41) is 0. The Balaban J connectivity index is 3.31. The number of halogens is 3. The zero-order chi connectivity index (χ0) is 7.72. The molecule has 1 nitrogen and oxygen atoms in total. The monoisotopic (exact) mass is 315 g/mol. The van der Waals surface area contributed by atoms with E-state index >= 15 is 0 Å². The fourth-order valence-corrected chi connectivity index (χ4v) is 2.13. The minimum atomic E-state index is -0.344. The minimum absolute atomic E-state index is 0.179. The van der Waals surface area contributed by atoms with Crippen molar-refractivity contribution in [3.8, 4) is 0 Å². The Kier molecular flexibility index (Phi) is 2.51. The van der Waals surface area contributed by atoms with Crippen LogP contribution in [0.25, 0.3) is 0 Å². The van der Waals surface area contributed by atoms with Crippen LogP contribution in [-0.4, -0.2) is 0 Å². The summed E-state index contributed by atoms with van der Waals surface area (Å²) in [6.45, 7) is 0. The highest BCUT2D eigenvalue weighted by Gasteiger charge is 2.03. The number of rotatable bonds is 0. The van der Waals surface area contributed by atoms with Crippen molar-refractivity contribution >= 4 is 44.2 Å². The molecule has 0 aliphatic rings. The molecule has 0 bridgehead atoms. The Morgan fingerprint density at radius 2 is 2.10 bits per heavy atom. The topological polar surface area (TPSA) is 26.0 Å². The number of benzene rings is 1. The molecule has 1 aromatic carbocycles. The number of hydrogen-bond acceptors (Lipinski definition) is 1.